The van der Waals surface area contributed by atoms with E-state index in [1.807, 2.05) is 0 Å². The Morgan fingerprint density at radius 1 is 1.43 bits per heavy atom. The lowest BCUT2D eigenvalue weighted by molar-refractivity contribution is -0.385. The Hall–Kier alpha value is -2.64. The highest BCUT2D eigenvalue weighted by molar-refractivity contribution is 5.97. The van der Waals surface area contributed by atoms with E-state index < -0.39 is 22.9 Å². The summed E-state index contributed by atoms with van der Waals surface area (Å²) in [5, 5.41) is 10.9. The molecule has 114 valence electrons. The summed E-state index contributed by atoms with van der Waals surface area (Å²) >= 11 is 0. The number of rotatable bonds is 7. The molecule has 0 heterocycles. The van der Waals surface area contributed by atoms with E-state index in [0.29, 0.717) is 6.42 Å². The van der Waals surface area contributed by atoms with Gasteiger partial charge < -0.3 is 15.2 Å². The maximum absolute atomic E-state index is 11.3. The van der Waals surface area contributed by atoms with Crippen molar-refractivity contribution in [1.29, 1.82) is 0 Å². The maximum Gasteiger partial charge on any atom is 0.311 e. The first-order valence-electron chi connectivity index (χ1n) is 6.20. The molecule has 0 bridgehead atoms. The van der Waals surface area contributed by atoms with Crippen molar-refractivity contribution < 1.29 is 24.0 Å². The SMILES string of the molecule is CC(=O)O[C@@H](C)CCOc1c(C(N)=O)cccc1[N+](=O)[O-]. The Labute approximate surface area is 121 Å². The molecule has 0 saturated carbocycles. The minimum atomic E-state index is -0.818. The summed E-state index contributed by atoms with van der Waals surface area (Å²) in [5.74, 6) is -1.42. The maximum atomic E-state index is 11.3. The Bertz CT molecular complexity index is 525. The zero-order valence-electron chi connectivity index (χ0n) is 11.7. The number of hydrogen-bond donors (Lipinski definition) is 1. The van der Waals surface area contributed by atoms with Gasteiger partial charge in [0, 0.05) is 19.4 Å². The number of ether oxygens (including phenoxy) is 2. The van der Waals surface area contributed by atoms with Crippen LogP contribution in [-0.2, 0) is 9.53 Å². The Morgan fingerprint density at radius 2 is 2.10 bits per heavy atom. The van der Waals surface area contributed by atoms with Gasteiger partial charge in [-0.1, -0.05) is 6.07 Å². The molecule has 1 amide bonds. The van der Waals surface area contributed by atoms with E-state index in [1.54, 1.807) is 6.92 Å². The van der Waals surface area contributed by atoms with Crippen LogP contribution in [0.1, 0.15) is 30.6 Å². The molecule has 0 aliphatic heterocycles. The van der Waals surface area contributed by atoms with E-state index in [9.17, 15) is 19.7 Å². The van der Waals surface area contributed by atoms with Gasteiger partial charge in [0.1, 0.15) is 6.10 Å². The Kier molecular flexibility index (Phi) is 5.65. The second-order valence-electron chi connectivity index (χ2n) is 4.33. The van der Waals surface area contributed by atoms with Crippen molar-refractivity contribution in [3.63, 3.8) is 0 Å². The van der Waals surface area contributed by atoms with Crippen LogP contribution in [0.25, 0.3) is 0 Å². The summed E-state index contributed by atoms with van der Waals surface area (Å²) in [6.45, 7) is 2.99. The highest BCUT2D eigenvalue weighted by Crippen LogP contribution is 2.30. The highest BCUT2D eigenvalue weighted by atomic mass is 16.6. The van der Waals surface area contributed by atoms with Crippen molar-refractivity contribution in [2.75, 3.05) is 6.61 Å². The van der Waals surface area contributed by atoms with Crippen LogP contribution in [-0.4, -0.2) is 29.5 Å². The number of carbonyl (C=O) groups is 2. The van der Waals surface area contributed by atoms with Crippen LogP contribution in [0, 0.1) is 10.1 Å². The predicted molar refractivity (Wildman–Crippen MR) is 73.0 cm³/mol. The van der Waals surface area contributed by atoms with Crippen LogP contribution in [0.4, 0.5) is 5.69 Å². The van der Waals surface area contributed by atoms with Gasteiger partial charge in [0.25, 0.3) is 5.91 Å². The fourth-order valence-corrected chi connectivity index (χ4v) is 1.68. The lowest BCUT2D eigenvalue weighted by atomic mass is 10.1. The molecule has 1 rings (SSSR count). The third kappa shape index (κ3) is 4.75. The standard InChI is InChI=1S/C13H16N2O6/c1-8(21-9(2)16)6-7-20-12-10(13(14)17)4-3-5-11(12)15(18)19/h3-5,8H,6-7H2,1-2H3,(H2,14,17)/t8-/m0/s1. The minimum Gasteiger partial charge on any atom is -0.486 e. The molecule has 1 aromatic carbocycles. The second-order valence-corrected chi connectivity index (χ2v) is 4.33. The molecule has 1 aromatic rings. The number of para-hydroxylation sites is 1. The molecule has 8 nitrogen and oxygen atoms in total. The summed E-state index contributed by atoms with van der Waals surface area (Å²) in [7, 11) is 0. The number of nitro groups is 1. The van der Waals surface area contributed by atoms with Gasteiger partial charge in [-0.25, -0.2) is 0 Å². The number of hydrogen-bond acceptors (Lipinski definition) is 6. The number of benzene rings is 1. The number of nitro benzene ring substituents is 1. The van der Waals surface area contributed by atoms with Crippen LogP contribution in [0.2, 0.25) is 0 Å². The minimum absolute atomic E-state index is 0.0413. The lowest BCUT2D eigenvalue weighted by Gasteiger charge is -2.13. The highest BCUT2D eigenvalue weighted by Gasteiger charge is 2.22. The van der Waals surface area contributed by atoms with E-state index in [-0.39, 0.29) is 23.6 Å². The van der Waals surface area contributed by atoms with E-state index >= 15 is 0 Å². The van der Waals surface area contributed by atoms with Crippen molar-refractivity contribution in [3.05, 3.63) is 33.9 Å². The zero-order chi connectivity index (χ0) is 16.0. The van der Waals surface area contributed by atoms with E-state index in [1.165, 1.54) is 25.1 Å². The van der Waals surface area contributed by atoms with Crippen molar-refractivity contribution in [1.82, 2.24) is 0 Å². The lowest BCUT2D eigenvalue weighted by Crippen LogP contribution is -2.18. The van der Waals surface area contributed by atoms with Gasteiger partial charge >= 0.3 is 11.7 Å². The molecule has 0 radical (unpaired) electrons. The number of carbonyl (C=O) groups excluding carboxylic acids is 2. The van der Waals surface area contributed by atoms with E-state index in [0.717, 1.165) is 0 Å². The van der Waals surface area contributed by atoms with Crippen molar-refractivity contribution in [3.8, 4) is 5.75 Å². The van der Waals surface area contributed by atoms with Crippen LogP contribution in [0.3, 0.4) is 0 Å². The van der Waals surface area contributed by atoms with Gasteiger partial charge in [0.2, 0.25) is 5.75 Å². The number of primary amides is 1. The molecule has 8 heteroatoms. The fourth-order valence-electron chi connectivity index (χ4n) is 1.68. The normalized spacial score (nSPS) is 11.5. The fraction of sp³-hybridized carbons (Fsp3) is 0.385. The molecular weight excluding hydrogens is 280 g/mol. The molecule has 0 fully saturated rings. The first kappa shape index (κ1) is 16.4. The average Bonchev–Trinajstić information content (AvgIpc) is 2.37. The Morgan fingerprint density at radius 3 is 2.62 bits per heavy atom. The summed E-state index contributed by atoms with van der Waals surface area (Å²) in [6, 6.07) is 3.92. The molecule has 0 saturated heterocycles. The van der Waals surface area contributed by atoms with Gasteiger partial charge in [-0.15, -0.1) is 0 Å². The smallest absolute Gasteiger partial charge is 0.311 e. The number of esters is 1. The first-order valence-corrected chi connectivity index (χ1v) is 6.20. The topological polar surface area (TPSA) is 122 Å². The zero-order valence-corrected chi connectivity index (χ0v) is 11.7. The third-order valence-corrected chi connectivity index (χ3v) is 2.59. The van der Waals surface area contributed by atoms with Crippen molar-refractivity contribution >= 4 is 17.6 Å². The molecule has 0 aromatic heterocycles. The van der Waals surface area contributed by atoms with Gasteiger partial charge in [-0.2, -0.15) is 0 Å². The first-order chi connectivity index (χ1) is 9.82. The number of nitrogens with zero attached hydrogens (tertiary/aromatic N) is 1. The molecule has 21 heavy (non-hydrogen) atoms. The van der Waals surface area contributed by atoms with Gasteiger partial charge in [0.05, 0.1) is 17.1 Å². The molecule has 1 atom stereocenters. The number of amides is 1. The Balaban J connectivity index is 2.83. The molecular formula is C13H16N2O6. The summed E-state index contributed by atoms with van der Waals surface area (Å²) < 4.78 is 10.2. The van der Waals surface area contributed by atoms with Crippen LogP contribution in [0.5, 0.6) is 5.75 Å². The molecule has 0 spiro atoms. The molecule has 0 aliphatic rings. The predicted octanol–water partition coefficient (Wildman–Crippen LogP) is 1.41. The van der Waals surface area contributed by atoms with Crippen molar-refractivity contribution in [2.24, 2.45) is 5.73 Å². The third-order valence-electron chi connectivity index (χ3n) is 2.59. The van der Waals surface area contributed by atoms with Crippen LogP contribution >= 0.6 is 0 Å². The number of nitrogens with two attached hydrogens (primary N) is 1. The summed E-state index contributed by atoms with van der Waals surface area (Å²) in [5.41, 5.74) is 4.76. The molecule has 0 aliphatic carbocycles. The summed E-state index contributed by atoms with van der Waals surface area (Å²) in [6.07, 6.45) is -0.0774. The molecule has 2 N–H and O–H groups in total. The molecule has 0 unspecified atom stereocenters. The van der Waals surface area contributed by atoms with E-state index in [2.05, 4.69) is 0 Å². The second kappa shape index (κ2) is 7.22. The van der Waals surface area contributed by atoms with Crippen LogP contribution in [0.15, 0.2) is 18.2 Å². The quantitative estimate of drug-likeness (QED) is 0.461. The van der Waals surface area contributed by atoms with E-state index in [4.69, 9.17) is 15.2 Å². The van der Waals surface area contributed by atoms with Crippen molar-refractivity contribution in [2.45, 2.75) is 26.4 Å². The largest absolute Gasteiger partial charge is 0.486 e. The van der Waals surface area contributed by atoms with Gasteiger partial charge in [-0.3, -0.25) is 19.7 Å². The van der Waals surface area contributed by atoms with Gasteiger partial charge in [0.15, 0.2) is 0 Å². The monoisotopic (exact) mass is 296 g/mol. The average molecular weight is 296 g/mol. The van der Waals surface area contributed by atoms with Crippen LogP contribution < -0.4 is 10.5 Å². The van der Waals surface area contributed by atoms with Gasteiger partial charge in [-0.05, 0) is 13.0 Å². The summed E-state index contributed by atoms with van der Waals surface area (Å²) in [4.78, 5) is 32.3.